The van der Waals surface area contributed by atoms with Gasteiger partial charge < -0.3 is 24.7 Å². The molecule has 0 bridgehead atoms. The van der Waals surface area contributed by atoms with Crippen molar-refractivity contribution in [1.82, 2.24) is 19.8 Å². The lowest BCUT2D eigenvalue weighted by Crippen LogP contribution is -2.45. The molecule has 0 unspecified atom stereocenters. The monoisotopic (exact) mass is 783 g/mol. The van der Waals surface area contributed by atoms with Crippen LogP contribution in [-0.2, 0) is 33.9 Å². The maximum absolute atomic E-state index is 15.2. The summed E-state index contributed by atoms with van der Waals surface area (Å²) in [5, 5.41) is 4.45. The zero-order valence-electron chi connectivity index (χ0n) is 29.8. The lowest BCUT2D eigenvalue weighted by atomic mass is 9.93. The predicted molar refractivity (Wildman–Crippen MR) is 185 cm³/mol. The van der Waals surface area contributed by atoms with Gasteiger partial charge in [0, 0.05) is 61.6 Å². The number of aromatic nitrogens is 2. The third-order valence-electron chi connectivity index (χ3n) is 9.29. The Kier molecular flexibility index (Phi) is 12.5. The van der Waals surface area contributed by atoms with Crippen LogP contribution in [0.4, 0.5) is 40.8 Å². The number of alkyl halides is 6. The number of hydrogen-bond donors (Lipinski definition) is 2. The Morgan fingerprint density at radius 2 is 1.69 bits per heavy atom. The van der Waals surface area contributed by atoms with E-state index in [0.717, 1.165) is 10.6 Å². The molecule has 10 nitrogen and oxygen atoms in total. The fourth-order valence-electron chi connectivity index (χ4n) is 6.25. The Bertz CT molecular complexity index is 2090. The minimum Gasteiger partial charge on any atom is -0.463 e. The van der Waals surface area contributed by atoms with Gasteiger partial charge in [-0.3, -0.25) is 19.5 Å². The van der Waals surface area contributed by atoms with Crippen LogP contribution < -0.4 is 16.2 Å². The van der Waals surface area contributed by atoms with Gasteiger partial charge in [-0.2, -0.15) is 26.3 Å². The number of nitrogens with zero attached hydrogens (tertiary/aromatic N) is 3. The number of carbonyl (C=O) groups excluding carboxylic acids is 2. The van der Waals surface area contributed by atoms with E-state index in [1.807, 2.05) is 10.2 Å². The van der Waals surface area contributed by atoms with Crippen molar-refractivity contribution in [3.05, 3.63) is 93.0 Å². The van der Waals surface area contributed by atoms with Crippen molar-refractivity contribution in [3.8, 4) is 11.1 Å². The minimum absolute atomic E-state index is 0.0402. The number of benzene rings is 2. The summed E-state index contributed by atoms with van der Waals surface area (Å²) in [7, 11) is 1.32. The number of pyridine rings is 2. The molecule has 0 spiro atoms. The van der Waals surface area contributed by atoms with Crippen LogP contribution in [0.25, 0.3) is 22.0 Å². The molecule has 18 heteroatoms. The molecule has 2 atom stereocenters. The van der Waals surface area contributed by atoms with Crippen molar-refractivity contribution < 1.29 is 54.2 Å². The molecule has 1 aliphatic rings. The summed E-state index contributed by atoms with van der Waals surface area (Å²) in [6, 6.07) is 3.61. The second-order valence-corrected chi connectivity index (χ2v) is 12.9. The Morgan fingerprint density at radius 3 is 2.31 bits per heavy atom. The Hall–Kier alpha value is -5.10. The van der Waals surface area contributed by atoms with Gasteiger partial charge in [-0.1, -0.05) is 25.1 Å². The molecule has 296 valence electrons. The first-order valence-corrected chi connectivity index (χ1v) is 17.1. The van der Waals surface area contributed by atoms with Gasteiger partial charge in [-0.05, 0) is 43.2 Å². The van der Waals surface area contributed by atoms with Crippen molar-refractivity contribution in [2.24, 2.45) is 7.05 Å². The molecule has 2 aromatic heterocycles. The van der Waals surface area contributed by atoms with Crippen LogP contribution in [0.3, 0.4) is 0 Å². The lowest BCUT2D eigenvalue weighted by molar-refractivity contribution is -0.146. The molecule has 0 aliphatic carbocycles. The molecule has 5 rings (SSSR count). The van der Waals surface area contributed by atoms with Crippen LogP contribution in [0.5, 0.6) is 0 Å². The zero-order valence-corrected chi connectivity index (χ0v) is 29.8. The normalized spacial score (nSPS) is 15.1. The molecule has 1 amide bonds. The molecule has 0 saturated carbocycles. The Morgan fingerprint density at radius 1 is 1.02 bits per heavy atom. The highest BCUT2D eigenvalue weighted by atomic mass is 19.4. The number of halogens is 8. The highest BCUT2D eigenvalue weighted by molar-refractivity contribution is 5.99. The van der Waals surface area contributed by atoms with E-state index in [4.69, 9.17) is 9.47 Å². The first kappa shape index (κ1) is 41.1. The smallest absolute Gasteiger partial charge is 0.417 e. The fourth-order valence-corrected chi connectivity index (χ4v) is 6.25. The van der Waals surface area contributed by atoms with Gasteiger partial charge in [0.1, 0.15) is 35.9 Å². The van der Waals surface area contributed by atoms with Crippen molar-refractivity contribution in [2.75, 3.05) is 44.8 Å². The van der Waals surface area contributed by atoms with Gasteiger partial charge in [-0.25, -0.2) is 13.6 Å². The average molecular weight is 784 g/mol. The number of rotatable bonds is 12. The standard InChI is InChI=1S/C37H37F8N5O5/c1-4-29(37(43,44)45)47-22-18-26(38)31(27(39)19-22)33(51)48-28(35(53)55-15-12-50-10-13-54-14-11-50)17-21-7-8-24(32-23(21)6-5-9-46-32)30-25(36(40,41)42)16-20(2)49(3)34(30)52/h5-9,16,18-19,28-29,47H,4,10-15,17H2,1-3H3,(H,48,51)/t28-,29+/m0/s1. The number of morpholine rings is 1. The maximum atomic E-state index is 15.2. The minimum atomic E-state index is -4.91. The second-order valence-electron chi connectivity index (χ2n) is 12.9. The van der Waals surface area contributed by atoms with Gasteiger partial charge >= 0.3 is 18.3 Å². The number of fused-ring (bicyclic) bond motifs is 1. The molecule has 1 saturated heterocycles. The summed E-state index contributed by atoms with van der Waals surface area (Å²) in [5.74, 6) is -5.49. The van der Waals surface area contributed by atoms with E-state index in [1.165, 1.54) is 51.4 Å². The highest BCUT2D eigenvalue weighted by Crippen LogP contribution is 2.38. The van der Waals surface area contributed by atoms with Gasteiger partial charge in [-0.15, -0.1) is 0 Å². The van der Waals surface area contributed by atoms with E-state index in [0.29, 0.717) is 45.0 Å². The van der Waals surface area contributed by atoms with Gasteiger partial charge in [0.2, 0.25) is 0 Å². The second kappa shape index (κ2) is 16.7. The van der Waals surface area contributed by atoms with Crippen molar-refractivity contribution >= 4 is 28.5 Å². The predicted octanol–water partition coefficient (Wildman–Crippen LogP) is 6.18. The van der Waals surface area contributed by atoms with E-state index in [2.05, 4.69) is 10.3 Å². The number of aryl methyl sites for hydroxylation is 1. The number of hydrogen-bond acceptors (Lipinski definition) is 8. The molecule has 3 heterocycles. The number of nitrogens with one attached hydrogen (secondary N) is 2. The summed E-state index contributed by atoms with van der Waals surface area (Å²) in [6.45, 7) is 4.77. The first-order chi connectivity index (χ1) is 25.9. The molecule has 4 aromatic rings. The Labute approximate surface area is 309 Å². The quantitative estimate of drug-likeness (QED) is 0.130. The zero-order chi connectivity index (χ0) is 40.2. The molecule has 2 N–H and O–H groups in total. The first-order valence-electron chi connectivity index (χ1n) is 17.1. The summed E-state index contributed by atoms with van der Waals surface area (Å²) >= 11 is 0. The van der Waals surface area contributed by atoms with Crippen LogP contribution in [-0.4, -0.2) is 84.0 Å². The molecule has 1 aliphatic heterocycles. The van der Waals surface area contributed by atoms with Gasteiger partial charge in [0.05, 0.1) is 29.9 Å². The third kappa shape index (κ3) is 9.41. The number of amides is 1. The van der Waals surface area contributed by atoms with E-state index in [9.17, 15) is 40.7 Å². The maximum Gasteiger partial charge on any atom is 0.417 e. The fraction of sp³-hybridized carbons (Fsp3) is 0.405. The third-order valence-corrected chi connectivity index (χ3v) is 9.29. The molecule has 55 heavy (non-hydrogen) atoms. The average Bonchev–Trinajstić information content (AvgIpc) is 3.12. The molecular formula is C37H37F8N5O5. The van der Waals surface area contributed by atoms with Crippen LogP contribution in [0.2, 0.25) is 0 Å². The summed E-state index contributed by atoms with van der Waals surface area (Å²) in [6.07, 6.45) is -9.23. The van der Waals surface area contributed by atoms with E-state index in [-0.39, 0.29) is 34.3 Å². The number of carbonyl (C=O) groups is 2. The SMILES string of the molecule is CC[C@@H](Nc1cc(F)c(C(=O)N[C@@H](Cc2ccc(-c3c(C(F)(F)F)cc(C)n(C)c3=O)c3ncccc23)C(=O)OCCN2CCOCC2)c(F)c1)C(F)(F)F. The van der Waals surface area contributed by atoms with Crippen LogP contribution in [0.15, 0.2) is 53.5 Å². The number of anilines is 1. The van der Waals surface area contributed by atoms with Crippen LogP contribution in [0.1, 0.15) is 40.5 Å². The Balaban J connectivity index is 1.50. The van der Waals surface area contributed by atoms with E-state index < -0.39 is 88.7 Å². The van der Waals surface area contributed by atoms with Crippen molar-refractivity contribution in [1.29, 1.82) is 0 Å². The van der Waals surface area contributed by atoms with Crippen LogP contribution in [0, 0.1) is 18.6 Å². The van der Waals surface area contributed by atoms with Crippen LogP contribution >= 0.6 is 0 Å². The van der Waals surface area contributed by atoms with E-state index in [1.54, 1.807) is 0 Å². The van der Waals surface area contributed by atoms with Gasteiger partial charge in [0.25, 0.3) is 11.5 Å². The molecule has 1 fully saturated rings. The number of esters is 1. The lowest BCUT2D eigenvalue weighted by Gasteiger charge is -2.26. The van der Waals surface area contributed by atoms with Gasteiger partial charge in [0.15, 0.2) is 0 Å². The van der Waals surface area contributed by atoms with E-state index >= 15 is 8.78 Å². The largest absolute Gasteiger partial charge is 0.463 e. The highest BCUT2D eigenvalue weighted by Gasteiger charge is 2.39. The topological polar surface area (TPSA) is 115 Å². The van der Waals surface area contributed by atoms with Crippen molar-refractivity contribution in [3.63, 3.8) is 0 Å². The summed E-state index contributed by atoms with van der Waals surface area (Å²) < 4.78 is 125. The molecular weight excluding hydrogens is 746 g/mol. The molecule has 0 radical (unpaired) electrons. The summed E-state index contributed by atoms with van der Waals surface area (Å²) in [5.41, 5.74) is -4.45. The molecule has 2 aromatic carbocycles. The number of ether oxygens (including phenoxy) is 2. The van der Waals surface area contributed by atoms with Crippen molar-refractivity contribution in [2.45, 2.75) is 51.1 Å². The summed E-state index contributed by atoms with van der Waals surface area (Å²) in [4.78, 5) is 46.5.